The summed E-state index contributed by atoms with van der Waals surface area (Å²) in [6.45, 7) is 2.06. The minimum Gasteiger partial charge on any atom is -0.449 e. The Labute approximate surface area is 121 Å². The number of hydrogen-bond acceptors (Lipinski definition) is 5. The summed E-state index contributed by atoms with van der Waals surface area (Å²) < 4.78 is 5.54. The van der Waals surface area contributed by atoms with E-state index in [9.17, 15) is 10.1 Å². The number of nitro groups is 1. The number of ether oxygens (including phenoxy) is 1. The van der Waals surface area contributed by atoms with E-state index in [1.165, 1.54) is 12.1 Å². The molecule has 2 aromatic rings. The minimum atomic E-state index is -0.511. The predicted octanol–water partition coefficient (Wildman–Crippen LogP) is 3.03. The van der Waals surface area contributed by atoms with E-state index < -0.39 is 4.92 Å². The van der Waals surface area contributed by atoms with Gasteiger partial charge in [0, 0.05) is 12.6 Å². The summed E-state index contributed by atoms with van der Waals surface area (Å²) in [6.07, 6.45) is 0. The number of hydrogen-bond donors (Lipinski definition) is 1. The second-order valence-electron chi connectivity index (χ2n) is 4.48. The van der Waals surface area contributed by atoms with Gasteiger partial charge in [0.15, 0.2) is 0 Å². The Morgan fingerprint density at radius 1 is 1.29 bits per heavy atom. The molecule has 0 aromatic heterocycles. The van der Waals surface area contributed by atoms with E-state index in [4.69, 9.17) is 15.7 Å². The van der Waals surface area contributed by atoms with Crippen molar-refractivity contribution in [1.82, 2.24) is 0 Å². The van der Waals surface area contributed by atoms with E-state index in [1.807, 2.05) is 6.07 Å². The first kappa shape index (κ1) is 14.5. The third-order valence-electron chi connectivity index (χ3n) is 2.93. The molecule has 2 aromatic carbocycles. The highest BCUT2D eigenvalue weighted by molar-refractivity contribution is 5.53. The van der Waals surface area contributed by atoms with Crippen molar-refractivity contribution in [2.45, 2.75) is 13.5 Å². The first-order chi connectivity index (χ1) is 10.0. The lowest BCUT2D eigenvalue weighted by Gasteiger charge is -2.09. The highest BCUT2D eigenvalue weighted by Gasteiger charge is 2.17. The van der Waals surface area contributed by atoms with Gasteiger partial charge in [0.05, 0.1) is 10.5 Å². The van der Waals surface area contributed by atoms with Crippen LogP contribution >= 0.6 is 0 Å². The van der Waals surface area contributed by atoms with Crippen LogP contribution in [0.4, 0.5) is 5.69 Å². The maximum atomic E-state index is 11.1. The standard InChI is InChI=1S/C15H13N3O3/c1-10-2-4-15(13(6-10)18(19)20)21-14-5-3-11(8-16)7-12(14)9-17/h2-7H,8,16H2,1H3. The normalized spacial score (nSPS) is 9.95. The molecule has 6 heteroatoms. The number of nitriles is 1. The maximum absolute atomic E-state index is 11.1. The van der Waals surface area contributed by atoms with Gasteiger partial charge in [0.2, 0.25) is 5.75 Å². The van der Waals surface area contributed by atoms with Crippen molar-refractivity contribution in [1.29, 1.82) is 5.26 Å². The maximum Gasteiger partial charge on any atom is 0.311 e. The van der Waals surface area contributed by atoms with Crippen LogP contribution in [0.2, 0.25) is 0 Å². The Bertz CT molecular complexity index is 735. The Hall–Kier alpha value is -2.91. The SMILES string of the molecule is Cc1ccc(Oc2ccc(CN)cc2C#N)c([N+](=O)[O-])c1. The molecule has 0 saturated carbocycles. The van der Waals surface area contributed by atoms with Crippen LogP contribution in [-0.2, 0) is 6.54 Å². The first-order valence-electron chi connectivity index (χ1n) is 6.21. The van der Waals surface area contributed by atoms with Crippen LogP contribution in [0.1, 0.15) is 16.7 Å². The lowest BCUT2D eigenvalue weighted by atomic mass is 10.1. The van der Waals surface area contributed by atoms with Crippen molar-refractivity contribution in [2.75, 3.05) is 0 Å². The van der Waals surface area contributed by atoms with E-state index in [-0.39, 0.29) is 22.7 Å². The van der Waals surface area contributed by atoms with Gasteiger partial charge in [-0.15, -0.1) is 0 Å². The number of nitrogens with two attached hydrogens (primary N) is 1. The van der Waals surface area contributed by atoms with Crippen LogP contribution in [-0.4, -0.2) is 4.92 Å². The fourth-order valence-corrected chi connectivity index (χ4v) is 1.86. The van der Waals surface area contributed by atoms with E-state index in [1.54, 1.807) is 31.2 Å². The first-order valence-corrected chi connectivity index (χ1v) is 6.21. The molecule has 0 fully saturated rings. The Balaban J connectivity index is 2.43. The number of aryl methyl sites for hydroxylation is 1. The lowest BCUT2D eigenvalue weighted by Crippen LogP contribution is -1.99. The molecule has 0 aliphatic carbocycles. The van der Waals surface area contributed by atoms with Crippen molar-refractivity contribution in [3.63, 3.8) is 0 Å². The molecule has 0 aliphatic heterocycles. The summed E-state index contributed by atoms with van der Waals surface area (Å²) in [5.41, 5.74) is 7.21. The summed E-state index contributed by atoms with van der Waals surface area (Å²) in [6, 6.07) is 11.6. The molecule has 0 unspecified atom stereocenters. The molecule has 0 saturated heterocycles. The molecule has 0 radical (unpaired) electrons. The monoisotopic (exact) mass is 283 g/mol. The van der Waals surface area contributed by atoms with Crippen molar-refractivity contribution in [3.8, 4) is 17.6 Å². The highest BCUT2D eigenvalue weighted by Crippen LogP contribution is 2.33. The van der Waals surface area contributed by atoms with E-state index in [0.717, 1.165) is 11.1 Å². The van der Waals surface area contributed by atoms with Crippen molar-refractivity contribution >= 4 is 5.69 Å². The average molecular weight is 283 g/mol. The van der Waals surface area contributed by atoms with Crippen molar-refractivity contribution in [3.05, 3.63) is 63.2 Å². The fourth-order valence-electron chi connectivity index (χ4n) is 1.86. The minimum absolute atomic E-state index is 0.0996. The second kappa shape index (κ2) is 6.03. The van der Waals surface area contributed by atoms with Gasteiger partial charge in [-0.05, 0) is 36.2 Å². The molecule has 0 heterocycles. The molecule has 0 atom stereocenters. The van der Waals surface area contributed by atoms with E-state index >= 15 is 0 Å². The molecule has 0 bridgehead atoms. The Morgan fingerprint density at radius 3 is 2.62 bits per heavy atom. The molecular formula is C15H13N3O3. The Kier molecular flexibility index (Phi) is 4.16. The summed E-state index contributed by atoms with van der Waals surface area (Å²) >= 11 is 0. The predicted molar refractivity (Wildman–Crippen MR) is 77.0 cm³/mol. The van der Waals surface area contributed by atoms with Crippen LogP contribution in [0, 0.1) is 28.4 Å². The molecule has 2 N–H and O–H groups in total. The van der Waals surface area contributed by atoms with Gasteiger partial charge < -0.3 is 10.5 Å². The van der Waals surface area contributed by atoms with E-state index in [2.05, 4.69) is 0 Å². The third-order valence-corrected chi connectivity index (χ3v) is 2.93. The van der Waals surface area contributed by atoms with Crippen molar-refractivity contribution < 1.29 is 9.66 Å². The second-order valence-corrected chi connectivity index (χ2v) is 4.48. The third kappa shape index (κ3) is 3.16. The largest absolute Gasteiger partial charge is 0.449 e. The summed E-state index contributed by atoms with van der Waals surface area (Å²) in [4.78, 5) is 10.6. The number of nitrogens with zero attached hydrogens (tertiary/aromatic N) is 2. The van der Waals surface area contributed by atoms with Crippen LogP contribution in [0.15, 0.2) is 36.4 Å². The molecular weight excluding hydrogens is 270 g/mol. The molecule has 0 amide bonds. The Morgan fingerprint density at radius 2 is 2.00 bits per heavy atom. The highest BCUT2D eigenvalue weighted by atomic mass is 16.6. The zero-order chi connectivity index (χ0) is 15.4. The van der Waals surface area contributed by atoms with E-state index in [0.29, 0.717) is 6.54 Å². The van der Waals surface area contributed by atoms with Gasteiger partial charge in [-0.3, -0.25) is 10.1 Å². The quantitative estimate of drug-likeness (QED) is 0.686. The van der Waals surface area contributed by atoms with Gasteiger partial charge in [-0.25, -0.2) is 0 Å². The van der Waals surface area contributed by atoms with Gasteiger partial charge >= 0.3 is 5.69 Å². The summed E-state index contributed by atoms with van der Waals surface area (Å²) in [5, 5.41) is 20.2. The molecule has 0 spiro atoms. The average Bonchev–Trinajstić information content (AvgIpc) is 2.49. The lowest BCUT2D eigenvalue weighted by molar-refractivity contribution is -0.385. The van der Waals surface area contributed by atoms with Crippen LogP contribution < -0.4 is 10.5 Å². The summed E-state index contributed by atoms with van der Waals surface area (Å²) in [7, 11) is 0. The van der Waals surface area contributed by atoms with Gasteiger partial charge in [-0.2, -0.15) is 5.26 Å². The number of rotatable bonds is 4. The summed E-state index contributed by atoms with van der Waals surface area (Å²) in [5.74, 6) is 0.365. The zero-order valence-corrected chi connectivity index (χ0v) is 11.4. The molecule has 2 rings (SSSR count). The van der Waals surface area contributed by atoms with Crippen LogP contribution in [0.25, 0.3) is 0 Å². The van der Waals surface area contributed by atoms with Crippen molar-refractivity contribution in [2.24, 2.45) is 5.73 Å². The van der Waals surface area contributed by atoms with Crippen LogP contribution in [0.3, 0.4) is 0 Å². The van der Waals surface area contributed by atoms with Gasteiger partial charge in [-0.1, -0.05) is 12.1 Å². The number of nitro benzene ring substituents is 1. The molecule has 6 nitrogen and oxygen atoms in total. The van der Waals surface area contributed by atoms with Gasteiger partial charge in [0.1, 0.15) is 11.8 Å². The fraction of sp³-hybridized carbons (Fsp3) is 0.133. The van der Waals surface area contributed by atoms with Gasteiger partial charge in [0.25, 0.3) is 0 Å². The molecule has 21 heavy (non-hydrogen) atoms. The molecule has 106 valence electrons. The number of benzene rings is 2. The van der Waals surface area contributed by atoms with Crippen LogP contribution in [0.5, 0.6) is 11.5 Å². The smallest absolute Gasteiger partial charge is 0.311 e. The zero-order valence-electron chi connectivity index (χ0n) is 11.4. The topological polar surface area (TPSA) is 102 Å². The molecule has 0 aliphatic rings.